The molecule has 1 aromatic heterocycles. The Labute approximate surface area is 190 Å². The van der Waals surface area contributed by atoms with Gasteiger partial charge in [-0.05, 0) is 68.3 Å². The van der Waals surface area contributed by atoms with Gasteiger partial charge in [0.2, 0.25) is 0 Å². The molecule has 0 aliphatic rings. The highest BCUT2D eigenvalue weighted by Crippen LogP contribution is 2.23. The Morgan fingerprint density at radius 1 is 0.969 bits per heavy atom. The molecule has 0 unspecified atom stereocenters. The summed E-state index contributed by atoms with van der Waals surface area (Å²) in [5.41, 5.74) is 4.90. The largest absolute Gasteiger partial charge is 0.319 e. The van der Waals surface area contributed by atoms with Crippen LogP contribution in [0, 0.1) is 20.8 Å². The molecule has 3 aromatic carbocycles. The van der Waals surface area contributed by atoms with Crippen molar-refractivity contribution in [1.82, 2.24) is 4.57 Å². The topological polar surface area (TPSA) is 80.5 Å². The molecule has 1 amide bonds. The molecule has 0 saturated carbocycles. The van der Waals surface area contributed by atoms with Gasteiger partial charge in [-0.1, -0.05) is 41.2 Å². The fourth-order valence-corrected chi connectivity index (χ4v) is 5.59. The Balaban J connectivity index is 1.66. The monoisotopic (exact) mass is 465 g/mol. The van der Waals surface area contributed by atoms with Gasteiger partial charge in [0.25, 0.3) is 15.9 Å². The van der Waals surface area contributed by atoms with Crippen LogP contribution < -0.4 is 9.52 Å². The van der Waals surface area contributed by atoms with E-state index >= 15 is 0 Å². The number of benzene rings is 3. The van der Waals surface area contributed by atoms with Gasteiger partial charge >= 0.3 is 0 Å². The lowest BCUT2D eigenvalue weighted by atomic mass is 10.1. The van der Waals surface area contributed by atoms with E-state index in [9.17, 15) is 13.2 Å². The molecule has 6 nitrogen and oxygen atoms in total. The Hall–Kier alpha value is -3.23. The number of anilines is 1. The summed E-state index contributed by atoms with van der Waals surface area (Å²) in [5.74, 6) is -0.432. The maximum atomic E-state index is 12.9. The Bertz CT molecular complexity index is 1510. The van der Waals surface area contributed by atoms with Crippen LogP contribution in [0.2, 0.25) is 0 Å². The lowest BCUT2D eigenvalue weighted by Gasteiger charge is -2.09. The third kappa shape index (κ3) is 4.37. The maximum Gasteiger partial charge on any atom is 0.279 e. The summed E-state index contributed by atoms with van der Waals surface area (Å²) in [6.07, 6.45) is 0. The number of hydrogen-bond donors (Lipinski definition) is 1. The highest BCUT2D eigenvalue weighted by atomic mass is 32.2. The van der Waals surface area contributed by atoms with Crippen molar-refractivity contribution in [2.75, 3.05) is 4.72 Å². The van der Waals surface area contributed by atoms with Gasteiger partial charge in [-0.25, -0.2) is 8.42 Å². The van der Waals surface area contributed by atoms with E-state index in [1.807, 2.05) is 32.4 Å². The van der Waals surface area contributed by atoms with Crippen molar-refractivity contribution in [1.29, 1.82) is 0 Å². The van der Waals surface area contributed by atoms with E-state index in [2.05, 4.69) is 21.8 Å². The van der Waals surface area contributed by atoms with Gasteiger partial charge in [0, 0.05) is 18.3 Å². The van der Waals surface area contributed by atoms with Gasteiger partial charge in [-0.15, -0.1) is 0 Å². The number of fused-ring (bicyclic) bond motifs is 1. The fraction of sp³-hybridized carbons (Fsp3) is 0.167. The second kappa shape index (κ2) is 8.37. The number of hydrogen-bond acceptors (Lipinski definition) is 4. The van der Waals surface area contributed by atoms with E-state index in [4.69, 9.17) is 0 Å². The molecule has 8 heteroatoms. The highest BCUT2D eigenvalue weighted by molar-refractivity contribution is 7.92. The van der Waals surface area contributed by atoms with Crippen molar-refractivity contribution in [3.63, 3.8) is 0 Å². The molecule has 32 heavy (non-hydrogen) atoms. The summed E-state index contributed by atoms with van der Waals surface area (Å²) in [6.45, 7) is 5.97. The van der Waals surface area contributed by atoms with Crippen molar-refractivity contribution < 1.29 is 13.2 Å². The molecule has 164 valence electrons. The van der Waals surface area contributed by atoms with Crippen LogP contribution in [0.15, 0.2) is 70.6 Å². The van der Waals surface area contributed by atoms with Gasteiger partial charge in [0.1, 0.15) is 0 Å². The summed E-state index contributed by atoms with van der Waals surface area (Å²) in [6, 6.07) is 17.1. The van der Waals surface area contributed by atoms with E-state index in [1.54, 1.807) is 42.5 Å². The lowest BCUT2D eigenvalue weighted by molar-refractivity contribution is 0.0998. The van der Waals surface area contributed by atoms with E-state index < -0.39 is 15.9 Å². The van der Waals surface area contributed by atoms with Crippen LogP contribution in [0.3, 0.4) is 0 Å². The predicted molar refractivity (Wildman–Crippen MR) is 129 cm³/mol. The zero-order valence-electron chi connectivity index (χ0n) is 18.2. The molecule has 0 fully saturated rings. The first kappa shape index (κ1) is 22.0. The lowest BCUT2D eigenvalue weighted by Crippen LogP contribution is -2.14. The first-order valence-corrected chi connectivity index (χ1v) is 12.3. The van der Waals surface area contributed by atoms with Gasteiger partial charge in [-0.3, -0.25) is 9.52 Å². The van der Waals surface area contributed by atoms with E-state index in [-0.39, 0.29) is 4.90 Å². The zero-order valence-corrected chi connectivity index (χ0v) is 19.8. The van der Waals surface area contributed by atoms with Crippen LogP contribution in [-0.2, 0) is 17.1 Å². The number of nitrogens with one attached hydrogen (secondary N) is 1. The van der Waals surface area contributed by atoms with Crippen LogP contribution in [0.5, 0.6) is 0 Å². The maximum absolute atomic E-state index is 12.9. The smallest absolute Gasteiger partial charge is 0.279 e. The van der Waals surface area contributed by atoms with Gasteiger partial charge in [0.15, 0.2) is 4.80 Å². The number of amides is 1. The molecule has 4 aromatic rings. The molecule has 0 bridgehead atoms. The molecule has 1 N–H and O–H groups in total. The second-order valence-corrected chi connectivity index (χ2v) is 10.4. The minimum atomic E-state index is -3.76. The van der Waals surface area contributed by atoms with E-state index in [0.717, 1.165) is 26.9 Å². The molecular formula is C24H23N3O3S2. The fourth-order valence-electron chi connectivity index (χ4n) is 3.47. The molecule has 1 heterocycles. The number of aromatic nitrogens is 1. The molecule has 0 saturated heterocycles. The van der Waals surface area contributed by atoms with Crippen molar-refractivity contribution in [3.8, 4) is 0 Å². The molecule has 0 aliphatic carbocycles. The number of aryl methyl sites for hydroxylation is 4. The van der Waals surface area contributed by atoms with Crippen LogP contribution >= 0.6 is 11.3 Å². The second-order valence-electron chi connectivity index (χ2n) is 7.79. The van der Waals surface area contributed by atoms with Crippen molar-refractivity contribution in [3.05, 3.63) is 87.7 Å². The van der Waals surface area contributed by atoms with Crippen LogP contribution in [0.4, 0.5) is 5.69 Å². The van der Waals surface area contributed by atoms with Gasteiger partial charge in [-0.2, -0.15) is 4.99 Å². The molecular weight excluding hydrogens is 442 g/mol. The quantitative estimate of drug-likeness (QED) is 0.474. The Morgan fingerprint density at radius 3 is 2.41 bits per heavy atom. The van der Waals surface area contributed by atoms with Crippen molar-refractivity contribution >= 4 is 43.2 Å². The van der Waals surface area contributed by atoms with E-state index in [0.29, 0.717) is 16.1 Å². The van der Waals surface area contributed by atoms with Crippen molar-refractivity contribution in [2.24, 2.45) is 12.0 Å². The minimum Gasteiger partial charge on any atom is -0.319 e. The summed E-state index contributed by atoms with van der Waals surface area (Å²) in [5, 5.41) is 0. The first-order chi connectivity index (χ1) is 15.1. The Morgan fingerprint density at radius 2 is 1.69 bits per heavy atom. The van der Waals surface area contributed by atoms with Gasteiger partial charge < -0.3 is 4.57 Å². The van der Waals surface area contributed by atoms with E-state index in [1.165, 1.54) is 17.4 Å². The summed E-state index contributed by atoms with van der Waals surface area (Å²) >= 11 is 1.46. The Kier molecular flexibility index (Phi) is 5.75. The number of carbonyl (C=O) groups is 1. The predicted octanol–water partition coefficient (Wildman–Crippen LogP) is 4.71. The molecule has 0 aliphatic heterocycles. The average Bonchev–Trinajstić information content (AvgIpc) is 3.04. The molecule has 4 rings (SSSR count). The first-order valence-electron chi connectivity index (χ1n) is 9.99. The summed E-state index contributed by atoms with van der Waals surface area (Å²) in [7, 11) is -1.87. The van der Waals surface area contributed by atoms with Crippen molar-refractivity contribution in [2.45, 2.75) is 25.7 Å². The molecule has 0 radical (unpaired) electrons. The SMILES string of the molecule is Cc1ccc(S(=O)(=O)Nc2cccc(C(=O)N=c3sc4c(C)cc(C)cc4n3C)c2)cc1. The number of thiazole rings is 1. The normalized spacial score (nSPS) is 12.3. The number of sulfonamides is 1. The summed E-state index contributed by atoms with van der Waals surface area (Å²) in [4.78, 5) is 17.9. The number of rotatable bonds is 4. The number of nitrogens with zero attached hydrogens (tertiary/aromatic N) is 2. The number of carbonyl (C=O) groups excluding carboxylic acids is 1. The van der Waals surface area contributed by atoms with Crippen LogP contribution in [0.25, 0.3) is 10.2 Å². The zero-order chi connectivity index (χ0) is 23.0. The third-order valence-corrected chi connectivity index (χ3v) is 7.81. The highest BCUT2D eigenvalue weighted by Gasteiger charge is 2.15. The van der Waals surface area contributed by atoms with Crippen LogP contribution in [-0.4, -0.2) is 18.9 Å². The van der Waals surface area contributed by atoms with Gasteiger partial charge in [0.05, 0.1) is 15.1 Å². The summed E-state index contributed by atoms with van der Waals surface area (Å²) < 4.78 is 30.9. The standard InChI is InChI=1S/C24H23N3O3S2/c1-15-8-10-20(11-9-15)32(29,30)26-19-7-5-6-18(14-19)23(28)25-24-27(4)21-13-16(2)12-17(3)22(21)31-24/h5-14,26H,1-4H3. The third-order valence-electron chi connectivity index (χ3n) is 5.13. The van der Waals surface area contributed by atoms with Crippen LogP contribution in [0.1, 0.15) is 27.0 Å². The average molecular weight is 466 g/mol. The molecule has 0 spiro atoms. The minimum absolute atomic E-state index is 0.160. The molecule has 0 atom stereocenters.